The highest BCUT2D eigenvalue weighted by Gasteiger charge is 2.34. The molecule has 1 nitrogen and oxygen atoms in total. The second kappa shape index (κ2) is 3.78. The third-order valence-electron chi connectivity index (χ3n) is 3.50. The monoisotopic (exact) mass is 170 g/mol. The first-order valence-corrected chi connectivity index (χ1v) is 5.28. The maximum absolute atomic E-state index is 9.93. The average molecular weight is 170 g/mol. The van der Waals surface area contributed by atoms with Gasteiger partial charge in [0.2, 0.25) is 0 Å². The molecule has 3 atom stereocenters. The van der Waals surface area contributed by atoms with E-state index in [0.717, 1.165) is 12.3 Å². The molecule has 0 amide bonds. The molecule has 1 N–H and O–H groups in total. The molecule has 0 bridgehead atoms. The minimum atomic E-state index is -0.385. The van der Waals surface area contributed by atoms with E-state index in [9.17, 15) is 5.11 Å². The number of aliphatic hydroxyl groups is 1. The Bertz CT molecular complexity index is 140. The summed E-state index contributed by atoms with van der Waals surface area (Å²) in [4.78, 5) is 0. The minimum Gasteiger partial charge on any atom is -0.390 e. The summed E-state index contributed by atoms with van der Waals surface area (Å²) in [6.45, 7) is 6.42. The van der Waals surface area contributed by atoms with Gasteiger partial charge in [-0.3, -0.25) is 0 Å². The SMILES string of the molecule is CCCC1CCC(C)(O)C(C)C1. The van der Waals surface area contributed by atoms with Crippen LogP contribution in [0.25, 0.3) is 0 Å². The molecular weight excluding hydrogens is 148 g/mol. The molecule has 72 valence electrons. The van der Waals surface area contributed by atoms with E-state index in [2.05, 4.69) is 13.8 Å². The van der Waals surface area contributed by atoms with E-state index in [1.165, 1.54) is 25.7 Å². The van der Waals surface area contributed by atoms with Gasteiger partial charge in [-0.05, 0) is 38.0 Å². The van der Waals surface area contributed by atoms with Gasteiger partial charge < -0.3 is 5.11 Å². The molecule has 3 unspecified atom stereocenters. The lowest BCUT2D eigenvalue weighted by Crippen LogP contribution is -2.38. The van der Waals surface area contributed by atoms with Gasteiger partial charge in [0, 0.05) is 0 Å². The third kappa shape index (κ3) is 2.22. The quantitative estimate of drug-likeness (QED) is 0.675. The van der Waals surface area contributed by atoms with Crippen molar-refractivity contribution in [3.05, 3.63) is 0 Å². The highest BCUT2D eigenvalue weighted by atomic mass is 16.3. The Labute approximate surface area is 76.2 Å². The molecule has 1 fully saturated rings. The molecule has 0 aromatic carbocycles. The second-order valence-corrected chi connectivity index (χ2v) is 4.69. The van der Waals surface area contributed by atoms with Crippen LogP contribution in [0.4, 0.5) is 0 Å². The molecule has 1 heteroatoms. The fourth-order valence-electron chi connectivity index (χ4n) is 2.28. The van der Waals surface area contributed by atoms with Crippen molar-refractivity contribution in [1.29, 1.82) is 0 Å². The Hall–Kier alpha value is -0.0400. The number of hydrogen-bond donors (Lipinski definition) is 1. The smallest absolute Gasteiger partial charge is 0.0645 e. The molecule has 1 aliphatic carbocycles. The molecular formula is C11H22O. The summed E-state index contributed by atoms with van der Waals surface area (Å²) in [6.07, 6.45) is 6.09. The minimum absolute atomic E-state index is 0.385. The molecule has 0 radical (unpaired) electrons. The molecule has 0 aromatic heterocycles. The molecule has 1 rings (SSSR count). The van der Waals surface area contributed by atoms with E-state index in [4.69, 9.17) is 0 Å². The topological polar surface area (TPSA) is 20.2 Å². The first-order valence-electron chi connectivity index (χ1n) is 5.28. The highest BCUT2D eigenvalue weighted by Crippen LogP contribution is 2.38. The van der Waals surface area contributed by atoms with Crippen molar-refractivity contribution in [3.8, 4) is 0 Å². The van der Waals surface area contributed by atoms with Gasteiger partial charge >= 0.3 is 0 Å². The van der Waals surface area contributed by atoms with Crippen molar-refractivity contribution in [2.24, 2.45) is 11.8 Å². The Morgan fingerprint density at radius 1 is 1.50 bits per heavy atom. The van der Waals surface area contributed by atoms with Gasteiger partial charge in [-0.25, -0.2) is 0 Å². The van der Waals surface area contributed by atoms with Gasteiger partial charge in [-0.2, -0.15) is 0 Å². The Morgan fingerprint density at radius 2 is 2.17 bits per heavy atom. The van der Waals surface area contributed by atoms with Crippen LogP contribution in [0.2, 0.25) is 0 Å². The lowest BCUT2D eigenvalue weighted by atomic mass is 9.71. The van der Waals surface area contributed by atoms with Gasteiger partial charge in [-0.15, -0.1) is 0 Å². The molecule has 0 saturated heterocycles. The van der Waals surface area contributed by atoms with Gasteiger partial charge in [0.05, 0.1) is 5.60 Å². The summed E-state index contributed by atoms with van der Waals surface area (Å²) in [5, 5.41) is 9.93. The predicted octanol–water partition coefficient (Wildman–Crippen LogP) is 2.97. The van der Waals surface area contributed by atoms with Crippen LogP contribution >= 0.6 is 0 Å². The summed E-state index contributed by atoms with van der Waals surface area (Å²) >= 11 is 0. The average Bonchev–Trinajstić information content (AvgIpc) is 1.98. The molecule has 0 aromatic rings. The lowest BCUT2D eigenvalue weighted by Gasteiger charge is -2.39. The zero-order valence-corrected chi connectivity index (χ0v) is 8.64. The van der Waals surface area contributed by atoms with Crippen LogP contribution in [0.15, 0.2) is 0 Å². The Balaban J connectivity index is 2.41. The zero-order valence-electron chi connectivity index (χ0n) is 8.64. The molecule has 1 aliphatic rings. The third-order valence-corrected chi connectivity index (χ3v) is 3.50. The number of rotatable bonds is 2. The molecule has 1 saturated carbocycles. The maximum atomic E-state index is 9.93. The summed E-state index contributed by atoms with van der Waals surface area (Å²) in [5.74, 6) is 1.37. The van der Waals surface area contributed by atoms with Gasteiger partial charge in [-0.1, -0.05) is 26.7 Å². The molecule has 12 heavy (non-hydrogen) atoms. The first kappa shape index (κ1) is 10.0. The molecule has 0 spiro atoms. The van der Waals surface area contributed by atoms with Crippen LogP contribution < -0.4 is 0 Å². The van der Waals surface area contributed by atoms with Crippen LogP contribution in [0, 0.1) is 11.8 Å². The van der Waals surface area contributed by atoms with E-state index >= 15 is 0 Å². The first-order chi connectivity index (χ1) is 5.56. The van der Waals surface area contributed by atoms with Crippen molar-refractivity contribution < 1.29 is 5.11 Å². The summed E-state index contributed by atoms with van der Waals surface area (Å²) in [6, 6.07) is 0. The standard InChI is InChI=1S/C11H22O/c1-4-5-10-6-7-11(3,12)9(2)8-10/h9-10,12H,4-8H2,1-3H3. The van der Waals surface area contributed by atoms with Crippen molar-refractivity contribution in [3.63, 3.8) is 0 Å². The largest absolute Gasteiger partial charge is 0.390 e. The summed E-state index contributed by atoms with van der Waals surface area (Å²) in [5.41, 5.74) is -0.385. The zero-order chi connectivity index (χ0) is 9.19. The van der Waals surface area contributed by atoms with Gasteiger partial charge in [0.15, 0.2) is 0 Å². The van der Waals surface area contributed by atoms with Crippen molar-refractivity contribution in [2.45, 2.75) is 58.5 Å². The van der Waals surface area contributed by atoms with E-state index in [1.54, 1.807) is 0 Å². The lowest BCUT2D eigenvalue weighted by molar-refractivity contribution is -0.0398. The van der Waals surface area contributed by atoms with Crippen LogP contribution in [0.3, 0.4) is 0 Å². The van der Waals surface area contributed by atoms with Crippen molar-refractivity contribution in [2.75, 3.05) is 0 Å². The van der Waals surface area contributed by atoms with Crippen LogP contribution in [-0.2, 0) is 0 Å². The molecule has 0 heterocycles. The number of hydrogen-bond acceptors (Lipinski definition) is 1. The van der Waals surface area contributed by atoms with Crippen molar-refractivity contribution >= 4 is 0 Å². The fourth-order valence-corrected chi connectivity index (χ4v) is 2.28. The van der Waals surface area contributed by atoms with Gasteiger partial charge in [0.1, 0.15) is 0 Å². The van der Waals surface area contributed by atoms with Crippen LogP contribution in [0.1, 0.15) is 52.9 Å². The van der Waals surface area contributed by atoms with Crippen molar-refractivity contribution in [1.82, 2.24) is 0 Å². The van der Waals surface area contributed by atoms with E-state index in [0.29, 0.717) is 5.92 Å². The van der Waals surface area contributed by atoms with Crippen LogP contribution in [0.5, 0.6) is 0 Å². The van der Waals surface area contributed by atoms with E-state index in [1.807, 2.05) is 6.92 Å². The Kier molecular flexibility index (Phi) is 3.16. The maximum Gasteiger partial charge on any atom is 0.0645 e. The highest BCUT2D eigenvalue weighted by molar-refractivity contribution is 4.86. The summed E-state index contributed by atoms with van der Waals surface area (Å²) in [7, 11) is 0. The van der Waals surface area contributed by atoms with E-state index < -0.39 is 0 Å². The molecule has 0 aliphatic heterocycles. The Morgan fingerprint density at radius 3 is 2.67 bits per heavy atom. The fraction of sp³-hybridized carbons (Fsp3) is 1.00. The second-order valence-electron chi connectivity index (χ2n) is 4.69. The predicted molar refractivity (Wildman–Crippen MR) is 52.0 cm³/mol. The van der Waals surface area contributed by atoms with E-state index in [-0.39, 0.29) is 5.60 Å². The normalized spacial score (nSPS) is 43.0. The van der Waals surface area contributed by atoms with Gasteiger partial charge in [0.25, 0.3) is 0 Å². The van der Waals surface area contributed by atoms with Crippen LogP contribution in [-0.4, -0.2) is 10.7 Å². The summed E-state index contributed by atoms with van der Waals surface area (Å²) < 4.78 is 0.